The van der Waals surface area contributed by atoms with Gasteiger partial charge in [-0.2, -0.15) is 0 Å². The van der Waals surface area contributed by atoms with Crippen molar-refractivity contribution in [2.45, 2.75) is 0 Å². The quantitative estimate of drug-likeness (QED) is 0.140. The van der Waals surface area contributed by atoms with Crippen molar-refractivity contribution in [1.82, 2.24) is 0 Å². The van der Waals surface area contributed by atoms with E-state index in [9.17, 15) is 0 Å². The average Bonchev–Trinajstić information content (AvgIpc) is 3.41. The van der Waals surface area contributed by atoms with Crippen LogP contribution in [0, 0.1) is 0 Å². The number of benzene rings is 12. The molecule has 314 valence electrons. The molecule has 0 aliphatic heterocycles. The molecule has 0 heterocycles. The highest BCUT2D eigenvalue weighted by Crippen LogP contribution is 2.46. The standard InChI is InChI=1S/C66H45N/c1-2-13-46(14-3-1)47-27-29-48(30-28-47)50-35-40-57(41-36-50)67(58-42-37-51(38-43-58)49-31-33-55(34-32-49)61-24-10-18-52-15-4-7-21-59(52)61)66-45-56(63-25-11-19-53-16-5-8-22-60(53)63)39-44-65(66)64-26-12-20-54-17-6-9-23-62(54)64/h1-45H. The summed E-state index contributed by atoms with van der Waals surface area (Å²) in [6.45, 7) is 0. The smallest absolute Gasteiger partial charge is 0.0546 e. The monoisotopic (exact) mass is 851 g/mol. The number of anilines is 3. The Morgan fingerprint density at radius 3 is 1.00 bits per heavy atom. The van der Waals surface area contributed by atoms with Gasteiger partial charge >= 0.3 is 0 Å². The Morgan fingerprint density at radius 2 is 0.522 bits per heavy atom. The summed E-state index contributed by atoms with van der Waals surface area (Å²) in [4.78, 5) is 2.45. The maximum atomic E-state index is 2.45. The molecule has 0 aromatic heterocycles. The first kappa shape index (κ1) is 39.8. The third-order valence-electron chi connectivity index (χ3n) is 13.3. The lowest BCUT2D eigenvalue weighted by Gasteiger charge is -2.29. The highest BCUT2D eigenvalue weighted by atomic mass is 15.1. The lowest BCUT2D eigenvalue weighted by atomic mass is 9.92. The number of fused-ring (bicyclic) bond motifs is 3. The molecular weight excluding hydrogens is 807 g/mol. The van der Waals surface area contributed by atoms with E-state index in [4.69, 9.17) is 0 Å². The fraction of sp³-hybridized carbons (Fsp3) is 0. The summed E-state index contributed by atoms with van der Waals surface area (Å²) in [5.74, 6) is 0. The molecule has 1 heteroatoms. The second-order valence-corrected chi connectivity index (χ2v) is 17.3. The molecule has 0 unspecified atom stereocenters. The van der Waals surface area contributed by atoms with Gasteiger partial charge in [-0.15, -0.1) is 0 Å². The highest BCUT2D eigenvalue weighted by Gasteiger charge is 2.21. The van der Waals surface area contributed by atoms with Gasteiger partial charge < -0.3 is 4.90 Å². The third-order valence-corrected chi connectivity index (χ3v) is 13.3. The topological polar surface area (TPSA) is 3.24 Å². The van der Waals surface area contributed by atoms with Crippen LogP contribution in [0.15, 0.2) is 273 Å². The van der Waals surface area contributed by atoms with E-state index in [2.05, 4.69) is 278 Å². The van der Waals surface area contributed by atoms with Gasteiger partial charge in [0.2, 0.25) is 0 Å². The second-order valence-electron chi connectivity index (χ2n) is 17.3. The largest absolute Gasteiger partial charge is 0.310 e. The summed E-state index contributed by atoms with van der Waals surface area (Å²) in [7, 11) is 0. The van der Waals surface area contributed by atoms with Crippen LogP contribution in [0.4, 0.5) is 17.1 Å². The molecule has 67 heavy (non-hydrogen) atoms. The predicted molar refractivity (Wildman–Crippen MR) is 286 cm³/mol. The molecular formula is C66H45N. The van der Waals surface area contributed by atoms with Crippen LogP contribution >= 0.6 is 0 Å². The van der Waals surface area contributed by atoms with Crippen molar-refractivity contribution in [1.29, 1.82) is 0 Å². The second kappa shape index (κ2) is 17.3. The van der Waals surface area contributed by atoms with Gasteiger partial charge in [0.05, 0.1) is 5.69 Å². The van der Waals surface area contributed by atoms with E-state index in [0.717, 1.165) is 22.6 Å². The number of hydrogen-bond donors (Lipinski definition) is 0. The number of hydrogen-bond acceptors (Lipinski definition) is 1. The first-order valence-electron chi connectivity index (χ1n) is 23.1. The van der Waals surface area contributed by atoms with Gasteiger partial charge in [0.25, 0.3) is 0 Å². The maximum absolute atomic E-state index is 2.45. The van der Waals surface area contributed by atoms with Gasteiger partial charge in [-0.05, 0) is 124 Å². The zero-order valence-corrected chi connectivity index (χ0v) is 36.9. The van der Waals surface area contributed by atoms with E-state index in [-0.39, 0.29) is 0 Å². The molecule has 0 amide bonds. The Bertz CT molecular complexity index is 3680. The molecule has 12 rings (SSSR count). The minimum absolute atomic E-state index is 1.08. The van der Waals surface area contributed by atoms with Crippen LogP contribution in [0.25, 0.3) is 99.1 Å². The van der Waals surface area contributed by atoms with Gasteiger partial charge in [-0.3, -0.25) is 0 Å². The Balaban J connectivity index is 0.995. The van der Waals surface area contributed by atoms with Crippen LogP contribution in [-0.2, 0) is 0 Å². The van der Waals surface area contributed by atoms with E-state index >= 15 is 0 Å². The summed E-state index contributed by atoms with van der Waals surface area (Å²) in [6.07, 6.45) is 0. The molecule has 0 saturated heterocycles. The van der Waals surface area contributed by atoms with Gasteiger partial charge in [0.15, 0.2) is 0 Å². The minimum Gasteiger partial charge on any atom is -0.310 e. The molecule has 12 aromatic rings. The molecule has 0 aliphatic carbocycles. The molecule has 0 aliphatic rings. The first-order chi connectivity index (χ1) is 33.2. The van der Waals surface area contributed by atoms with Gasteiger partial charge in [0, 0.05) is 16.9 Å². The number of nitrogens with zero attached hydrogens (tertiary/aromatic N) is 1. The lowest BCUT2D eigenvalue weighted by Crippen LogP contribution is -2.11. The van der Waals surface area contributed by atoms with Crippen LogP contribution in [0.3, 0.4) is 0 Å². The van der Waals surface area contributed by atoms with E-state index in [1.807, 2.05) is 0 Å². The zero-order valence-electron chi connectivity index (χ0n) is 36.9. The van der Waals surface area contributed by atoms with E-state index in [1.54, 1.807) is 0 Å². The summed E-state index contributed by atoms with van der Waals surface area (Å²) >= 11 is 0. The van der Waals surface area contributed by atoms with Crippen molar-refractivity contribution in [3.05, 3.63) is 273 Å². The molecule has 0 fully saturated rings. The van der Waals surface area contributed by atoms with Crippen molar-refractivity contribution in [3.63, 3.8) is 0 Å². The van der Waals surface area contributed by atoms with Gasteiger partial charge in [-0.25, -0.2) is 0 Å². The Kier molecular flexibility index (Phi) is 10.3. The molecule has 0 saturated carbocycles. The average molecular weight is 852 g/mol. The molecule has 0 bridgehead atoms. The molecule has 12 aromatic carbocycles. The summed E-state index contributed by atoms with van der Waals surface area (Å²) in [5, 5.41) is 7.42. The lowest BCUT2D eigenvalue weighted by molar-refractivity contribution is 1.28. The van der Waals surface area contributed by atoms with Gasteiger partial charge in [-0.1, -0.05) is 243 Å². The summed E-state index contributed by atoms with van der Waals surface area (Å²) in [6, 6.07) is 99.5. The Hall–Kier alpha value is -8.78. The van der Waals surface area contributed by atoms with Crippen LogP contribution < -0.4 is 4.90 Å². The van der Waals surface area contributed by atoms with E-state index < -0.39 is 0 Å². The van der Waals surface area contributed by atoms with E-state index in [1.165, 1.54) is 93.5 Å². The Morgan fingerprint density at radius 1 is 0.194 bits per heavy atom. The fourth-order valence-corrected chi connectivity index (χ4v) is 9.89. The molecule has 0 radical (unpaired) electrons. The van der Waals surface area contributed by atoms with Gasteiger partial charge in [0.1, 0.15) is 0 Å². The summed E-state index contributed by atoms with van der Waals surface area (Å²) in [5.41, 5.74) is 17.6. The normalized spacial score (nSPS) is 11.3. The van der Waals surface area contributed by atoms with Crippen LogP contribution in [0.2, 0.25) is 0 Å². The van der Waals surface area contributed by atoms with Crippen molar-refractivity contribution < 1.29 is 0 Å². The molecule has 1 nitrogen and oxygen atoms in total. The van der Waals surface area contributed by atoms with Crippen LogP contribution in [0.5, 0.6) is 0 Å². The molecule has 0 spiro atoms. The van der Waals surface area contributed by atoms with E-state index in [0.29, 0.717) is 0 Å². The minimum atomic E-state index is 1.08. The highest BCUT2D eigenvalue weighted by molar-refractivity contribution is 6.04. The van der Waals surface area contributed by atoms with Crippen molar-refractivity contribution >= 4 is 49.4 Å². The third kappa shape index (κ3) is 7.63. The van der Waals surface area contributed by atoms with Crippen LogP contribution in [-0.4, -0.2) is 0 Å². The number of rotatable bonds is 9. The van der Waals surface area contributed by atoms with Crippen LogP contribution in [0.1, 0.15) is 0 Å². The predicted octanol–water partition coefficient (Wildman–Crippen LogP) is 18.6. The molecule has 0 N–H and O–H groups in total. The van der Waals surface area contributed by atoms with Crippen molar-refractivity contribution in [2.24, 2.45) is 0 Å². The zero-order chi connectivity index (χ0) is 44.5. The fourth-order valence-electron chi connectivity index (χ4n) is 9.89. The van der Waals surface area contributed by atoms with Crippen molar-refractivity contribution in [3.8, 4) is 66.8 Å². The first-order valence-corrected chi connectivity index (χ1v) is 23.1. The van der Waals surface area contributed by atoms with Crippen molar-refractivity contribution in [2.75, 3.05) is 4.90 Å². The summed E-state index contributed by atoms with van der Waals surface area (Å²) < 4.78 is 0. The Labute approximate surface area is 392 Å². The SMILES string of the molecule is c1ccc(-c2ccc(-c3ccc(N(c4ccc(-c5ccc(-c6cccc7ccccc67)cc5)cc4)c4cc(-c5cccc6ccccc56)ccc4-c4cccc5ccccc45)cc3)cc2)cc1. The maximum Gasteiger partial charge on any atom is 0.0546 e. The molecule has 0 atom stereocenters.